The van der Waals surface area contributed by atoms with Gasteiger partial charge < -0.3 is 4.90 Å². The largest absolute Gasteiger partial charge is 0.369 e. The first-order valence-electron chi connectivity index (χ1n) is 5.37. The third kappa shape index (κ3) is 2.50. The molecule has 0 spiro atoms. The SMILES string of the molecule is CCCC(C)(C)N(C)c1ccccc1. The van der Waals surface area contributed by atoms with Crippen LogP contribution < -0.4 is 4.90 Å². The van der Waals surface area contributed by atoms with Crippen LogP contribution in [0.3, 0.4) is 0 Å². The Bertz CT molecular complexity index is 264. The Balaban J connectivity index is 2.79. The Kier molecular flexibility index (Phi) is 3.56. The molecule has 0 aromatic heterocycles. The van der Waals surface area contributed by atoms with E-state index in [1.165, 1.54) is 18.5 Å². The number of anilines is 1. The van der Waals surface area contributed by atoms with Crippen molar-refractivity contribution in [1.29, 1.82) is 0 Å². The minimum Gasteiger partial charge on any atom is -0.369 e. The van der Waals surface area contributed by atoms with Crippen LogP contribution in [0.25, 0.3) is 0 Å². The molecule has 0 fully saturated rings. The second-order valence-corrected chi connectivity index (χ2v) is 4.46. The van der Waals surface area contributed by atoms with Crippen molar-refractivity contribution in [3.05, 3.63) is 30.3 Å². The molecule has 14 heavy (non-hydrogen) atoms. The highest BCUT2D eigenvalue weighted by atomic mass is 15.2. The molecule has 0 heterocycles. The first-order valence-corrected chi connectivity index (χ1v) is 5.37. The van der Waals surface area contributed by atoms with E-state index in [0.717, 1.165) is 0 Å². The molecule has 1 heteroatoms. The summed E-state index contributed by atoms with van der Waals surface area (Å²) in [5, 5.41) is 0. The van der Waals surface area contributed by atoms with Gasteiger partial charge in [0.25, 0.3) is 0 Å². The van der Waals surface area contributed by atoms with Gasteiger partial charge in [0.05, 0.1) is 0 Å². The molecule has 78 valence electrons. The highest BCUT2D eigenvalue weighted by molar-refractivity contribution is 5.47. The van der Waals surface area contributed by atoms with Gasteiger partial charge in [0, 0.05) is 18.3 Å². The Morgan fingerprint density at radius 3 is 2.21 bits per heavy atom. The molecule has 0 saturated carbocycles. The van der Waals surface area contributed by atoms with Crippen molar-refractivity contribution in [3.8, 4) is 0 Å². The minimum absolute atomic E-state index is 0.246. The van der Waals surface area contributed by atoms with Crippen LogP contribution in [0.5, 0.6) is 0 Å². The van der Waals surface area contributed by atoms with Crippen molar-refractivity contribution < 1.29 is 0 Å². The van der Waals surface area contributed by atoms with Gasteiger partial charge in [0.15, 0.2) is 0 Å². The Hall–Kier alpha value is -0.980. The third-order valence-corrected chi connectivity index (χ3v) is 2.91. The van der Waals surface area contributed by atoms with Crippen molar-refractivity contribution in [1.82, 2.24) is 0 Å². The molecule has 0 aliphatic rings. The van der Waals surface area contributed by atoms with Crippen molar-refractivity contribution in [2.24, 2.45) is 0 Å². The number of rotatable bonds is 4. The zero-order valence-electron chi connectivity index (χ0n) is 9.75. The van der Waals surface area contributed by atoms with Gasteiger partial charge in [0.1, 0.15) is 0 Å². The van der Waals surface area contributed by atoms with Gasteiger partial charge in [-0.1, -0.05) is 31.5 Å². The van der Waals surface area contributed by atoms with Crippen LogP contribution in [0, 0.1) is 0 Å². The van der Waals surface area contributed by atoms with E-state index in [0.29, 0.717) is 0 Å². The molecule has 1 rings (SSSR count). The second kappa shape index (κ2) is 4.50. The first-order chi connectivity index (χ1) is 6.58. The molecular formula is C13H21N. The summed E-state index contributed by atoms with van der Waals surface area (Å²) in [5.74, 6) is 0. The quantitative estimate of drug-likeness (QED) is 0.701. The molecule has 0 amide bonds. The van der Waals surface area contributed by atoms with E-state index >= 15 is 0 Å². The summed E-state index contributed by atoms with van der Waals surface area (Å²) in [4.78, 5) is 2.36. The van der Waals surface area contributed by atoms with Gasteiger partial charge in [-0.05, 0) is 32.4 Å². The third-order valence-electron chi connectivity index (χ3n) is 2.91. The normalized spacial score (nSPS) is 11.4. The summed E-state index contributed by atoms with van der Waals surface area (Å²) < 4.78 is 0. The van der Waals surface area contributed by atoms with Gasteiger partial charge in [-0.25, -0.2) is 0 Å². The molecule has 0 unspecified atom stereocenters. The summed E-state index contributed by atoms with van der Waals surface area (Å²) in [6.45, 7) is 6.83. The summed E-state index contributed by atoms with van der Waals surface area (Å²) >= 11 is 0. The predicted octanol–water partition coefficient (Wildman–Crippen LogP) is 3.70. The van der Waals surface area contributed by atoms with Crippen molar-refractivity contribution in [3.63, 3.8) is 0 Å². The zero-order chi connectivity index (χ0) is 10.6. The molecule has 0 radical (unpaired) electrons. The van der Waals surface area contributed by atoms with Crippen LogP contribution in [0.2, 0.25) is 0 Å². The fraction of sp³-hybridized carbons (Fsp3) is 0.538. The summed E-state index contributed by atoms with van der Waals surface area (Å²) in [6.07, 6.45) is 2.45. The fourth-order valence-corrected chi connectivity index (χ4v) is 1.78. The molecule has 1 aromatic carbocycles. The van der Waals surface area contributed by atoms with E-state index in [1.807, 2.05) is 0 Å². The van der Waals surface area contributed by atoms with E-state index in [9.17, 15) is 0 Å². The lowest BCUT2D eigenvalue weighted by molar-refractivity contribution is 0.444. The Morgan fingerprint density at radius 2 is 1.71 bits per heavy atom. The molecule has 1 aromatic rings. The fourth-order valence-electron chi connectivity index (χ4n) is 1.78. The lowest BCUT2D eigenvalue weighted by Crippen LogP contribution is -2.40. The minimum atomic E-state index is 0.246. The predicted molar refractivity (Wildman–Crippen MR) is 63.8 cm³/mol. The van der Waals surface area contributed by atoms with E-state index in [-0.39, 0.29) is 5.54 Å². The van der Waals surface area contributed by atoms with Crippen molar-refractivity contribution in [2.45, 2.75) is 39.2 Å². The van der Waals surface area contributed by atoms with Gasteiger partial charge >= 0.3 is 0 Å². The maximum absolute atomic E-state index is 2.36. The average molecular weight is 191 g/mol. The van der Waals surface area contributed by atoms with Crippen LogP contribution >= 0.6 is 0 Å². The van der Waals surface area contributed by atoms with Crippen LogP contribution in [0.4, 0.5) is 5.69 Å². The van der Waals surface area contributed by atoms with Gasteiger partial charge in [-0.2, -0.15) is 0 Å². The smallest absolute Gasteiger partial charge is 0.0368 e. The summed E-state index contributed by atoms with van der Waals surface area (Å²) in [5.41, 5.74) is 1.54. The number of nitrogens with zero attached hydrogens (tertiary/aromatic N) is 1. The van der Waals surface area contributed by atoms with Crippen molar-refractivity contribution >= 4 is 5.69 Å². The molecule has 0 bridgehead atoms. The molecular weight excluding hydrogens is 170 g/mol. The maximum Gasteiger partial charge on any atom is 0.0368 e. The van der Waals surface area contributed by atoms with Crippen LogP contribution in [-0.4, -0.2) is 12.6 Å². The molecule has 0 atom stereocenters. The standard InChI is InChI=1S/C13H21N/c1-5-11-13(2,3)14(4)12-9-7-6-8-10-12/h6-10H,5,11H2,1-4H3. The lowest BCUT2D eigenvalue weighted by Gasteiger charge is -2.37. The Morgan fingerprint density at radius 1 is 1.14 bits per heavy atom. The highest BCUT2D eigenvalue weighted by Gasteiger charge is 2.22. The zero-order valence-corrected chi connectivity index (χ0v) is 9.75. The average Bonchev–Trinajstić information content (AvgIpc) is 2.18. The lowest BCUT2D eigenvalue weighted by atomic mass is 9.96. The molecule has 1 nitrogen and oxygen atoms in total. The summed E-state index contributed by atoms with van der Waals surface area (Å²) in [7, 11) is 2.17. The molecule has 0 saturated heterocycles. The topological polar surface area (TPSA) is 3.24 Å². The number of para-hydroxylation sites is 1. The van der Waals surface area contributed by atoms with Gasteiger partial charge in [-0.3, -0.25) is 0 Å². The maximum atomic E-state index is 2.36. The molecule has 0 aliphatic carbocycles. The number of hydrogen-bond acceptors (Lipinski definition) is 1. The molecule has 0 aliphatic heterocycles. The van der Waals surface area contributed by atoms with Gasteiger partial charge in [-0.15, -0.1) is 0 Å². The van der Waals surface area contributed by atoms with Crippen LogP contribution in [0.1, 0.15) is 33.6 Å². The summed E-state index contributed by atoms with van der Waals surface area (Å²) in [6, 6.07) is 10.6. The second-order valence-electron chi connectivity index (χ2n) is 4.46. The van der Waals surface area contributed by atoms with E-state index < -0.39 is 0 Å². The highest BCUT2D eigenvalue weighted by Crippen LogP contribution is 2.25. The molecule has 0 N–H and O–H groups in total. The van der Waals surface area contributed by atoms with Crippen LogP contribution in [0.15, 0.2) is 30.3 Å². The van der Waals surface area contributed by atoms with Crippen LogP contribution in [-0.2, 0) is 0 Å². The van der Waals surface area contributed by atoms with E-state index in [1.54, 1.807) is 0 Å². The van der Waals surface area contributed by atoms with E-state index in [2.05, 4.69) is 63.1 Å². The number of benzene rings is 1. The monoisotopic (exact) mass is 191 g/mol. The number of hydrogen-bond donors (Lipinski definition) is 0. The Labute approximate surface area is 87.7 Å². The van der Waals surface area contributed by atoms with Crippen molar-refractivity contribution in [2.75, 3.05) is 11.9 Å². The van der Waals surface area contributed by atoms with Gasteiger partial charge in [0.2, 0.25) is 0 Å². The van der Waals surface area contributed by atoms with E-state index in [4.69, 9.17) is 0 Å². The first kappa shape index (κ1) is 11.1.